The Morgan fingerprint density at radius 2 is 2.07 bits per heavy atom. The number of nitrogens with two attached hydrogens (primary N) is 1. The van der Waals surface area contributed by atoms with E-state index in [-0.39, 0.29) is 0 Å². The quantitative estimate of drug-likeness (QED) is 0.690. The number of nitrogens with zero attached hydrogens (tertiary/aromatic N) is 2. The van der Waals surface area contributed by atoms with Gasteiger partial charge >= 0.3 is 0 Å². The summed E-state index contributed by atoms with van der Waals surface area (Å²) in [5.41, 5.74) is 5.64. The Labute approximate surface area is 89.7 Å². The molecule has 2 rings (SSSR count). The number of hydrogen-bond donors (Lipinski definition) is 2. The van der Waals surface area contributed by atoms with Gasteiger partial charge in [-0.3, -0.25) is 0 Å². The zero-order chi connectivity index (χ0) is 9.97. The first kappa shape index (κ1) is 9.65. The Kier molecular flexibility index (Phi) is 2.82. The first-order valence-electron chi connectivity index (χ1n) is 4.91. The highest BCUT2D eigenvalue weighted by Crippen LogP contribution is 2.20. The van der Waals surface area contributed by atoms with Gasteiger partial charge in [0.05, 0.1) is 0 Å². The van der Waals surface area contributed by atoms with Crippen molar-refractivity contribution in [3.8, 4) is 0 Å². The molecule has 0 aromatic carbocycles. The molecule has 1 aliphatic rings. The molecule has 1 fully saturated rings. The fourth-order valence-corrected chi connectivity index (χ4v) is 1.94. The molecule has 2 heterocycles. The third-order valence-electron chi connectivity index (χ3n) is 2.54. The molecule has 1 saturated heterocycles. The molecule has 14 heavy (non-hydrogen) atoms. The highest BCUT2D eigenvalue weighted by molar-refractivity contribution is 7.80. The maximum atomic E-state index is 5.64. The van der Waals surface area contributed by atoms with Gasteiger partial charge in [0.2, 0.25) is 0 Å². The maximum absolute atomic E-state index is 5.64. The Morgan fingerprint density at radius 3 is 2.71 bits per heavy atom. The van der Waals surface area contributed by atoms with Crippen molar-refractivity contribution in [3.63, 3.8) is 0 Å². The SMILES string of the molecule is Nc1cccc(N2CCC(S)CC2)n1. The number of rotatable bonds is 1. The molecule has 0 spiro atoms. The van der Waals surface area contributed by atoms with Crippen molar-refractivity contribution in [2.24, 2.45) is 0 Å². The number of anilines is 2. The summed E-state index contributed by atoms with van der Waals surface area (Å²) in [6.07, 6.45) is 2.25. The number of hydrogen-bond acceptors (Lipinski definition) is 4. The summed E-state index contributed by atoms with van der Waals surface area (Å²) in [7, 11) is 0. The molecule has 1 aromatic rings. The highest BCUT2D eigenvalue weighted by atomic mass is 32.1. The lowest BCUT2D eigenvalue weighted by Gasteiger charge is -2.30. The number of aromatic nitrogens is 1. The lowest BCUT2D eigenvalue weighted by Crippen LogP contribution is -2.34. The summed E-state index contributed by atoms with van der Waals surface area (Å²) >= 11 is 4.46. The molecule has 0 amide bonds. The van der Waals surface area contributed by atoms with E-state index >= 15 is 0 Å². The van der Waals surface area contributed by atoms with Gasteiger partial charge in [0.15, 0.2) is 0 Å². The standard InChI is InChI=1S/C10H15N3S/c11-9-2-1-3-10(12-9)13-6-4-8(14)5-7-13/h1-3,8,14H,4-7H2,(H2,11,12). The summed E-state index contributed by atoms with van der Waals surface area (Å²) in [6, 6.07) is 5.77. The van der Waals surface area contributed by atoms with E-state index in [9.17, 15) is 0 Å². The van der Waals surface area contributed by atoms with E-state index in [2.05, 4.69) is 22.5 Å². The maximum Gasteiger partial charge on any atom is 0.130 e. The summed E-state index contributed by atoms with van der Waals surface area (Å²) < 4.78 is 0. The zero-order valence-corrected chi connectivity index (χ0v) is 8.95. The minimum absolute atomic E-state index is 0.548. The fourth-order valence-electron chi connectivity index (χ4n) is 1.71. The second kappa shape index (κ2) is 4.09. The lowest BCUT2D eigenvalue weighted by molar-refractivity contribution is 0.589. The Balaban J connectivity index is 2.08. The number of piperidine rings is 1. The monoisotopic (exact) mass is 209 g/mol. The predicted octanol–water partition coefficient (Wildman–Crippen LogP) is 1.56. The van der Waals surface area contributed by atoms with Crippen LogP contribution >= 0.6 is 12.6 Å². The van der Waals surface area contributed by atoms with Gasteiger partial charge in [-0.05, 0) is 25.0 Å². The molecule has 0 unspecified atom stereocenters. The first-order valence-corrected chi connectivity index (χ1v) is 5.43. The molecule has 2 N–H and O–H groups in total. The van der Waals surface area contributed by atoms with Gasteiger partial charge in [-0.1, -0.05) is 6.07 Å². The third kappa shape index (κ3) is 2.12. The van der Waals surface area contributed by atoms with Crippen LogP contribution in [0, 0.1) is 0 Å². The van der Waals surface area contributed by atoms with Crippen LogP contribution in [0.1, 0.15) is 12.8 Å². The topological polar surface area (TPSA) is 42.1 Å². The molecule has 0 bridgehead atoms. The molecule has 0 aliphatic carbocycles. The van der Waals surface area contributed by atoms with Crippen molar-refractivity contribution in [1.82, 2.24) is 4.98 Å². The second-order valence-corrected chi connectivity index (χ2v) is 4.37. The molecule has 76 valence electrons. The molecule has 1 aromatic heterocycles. The van der Waals surface area contributed by atoms with Crippen LogP contribution in [0.4, 0.5) is 11.6 Å². The Morgan fingerprint density at radius 1 is 1.36 bits per heavy atom. The first-order chi connectivity index (χ1) is 6.75. The van der Waals surface area contributed by atoms with Gasteiger partial charge in [0.1, 0.15) is 11.6 Å². The normalized spacial score (nSPS) is 18.5. The zero-order valence-electron chi connectivity index (χ0n) is 8.06. The number of thiol groups is 1. The van der Waals surface area contributed by atoms with Crippen LogP contribution in [0.5, 0.6) is 0 Å². The summed E-state index contributed by atoms with van der Waals surface area (Å²) in [4.78, 5) is 6.57. The average Bonchev–Trinajstić information content (AvgIpc) is 2.19. The minimum atomic E-state index is 0.548. The van der Waals surface area contributed by atoms with Crippen molar-refractivity contribution in [1.29, 1.82) is 0 Å². The van der Waals surface area contributed by atoms with Gasteiger partial charge in [-0.25, -0.2) is 4.98 Å². The largest absolute Gasteiger partial charge is 0.384 e. The van der Waals surface area contributed by atoms with Crippen molar-refractivity contribution in [2.45, 2.75) is 18.1 Å². The Hall–Kier alpha value is -0.900. The number of pyridine rings is 1. The van der Waals surface area contributed by atoms with Gasteiger partial charge in [0.25, 0.3) is 0 Å². The van der Waals surface area contributed by atoms with Gasteiger partial charge in [-0.15, -0.1) is 0 Å². The third-order valence-corrected chi connectivity index (χ3v) is 3.06. The van der Waals surface area contributed by atoms with E-state index in [1.165, 1.54) is 0 Å². The van der Waals surface area contributed by atoms with Gasteiger partial charge in [-0.2, -0.15) is 12.6 Å². The highest BCUT2D eigenvalue weighted by Gasteiger charge is 2.17. The minimum Gasteiger partial charge on any atom is -0.384 e. The van der Waals surface area contributed by atoms with Crippen molar-refractivity contribution in [3.05, 3.63) is 18.2 Å². The van der Waals surface area contributed by atoms with E-state index < -0.39 is 0 Å². The molecular weight excluding hydrogens is 194 g/mol. The number of nitrogen functional groups attached to an aromatic ring is 1. The Bertz CT molecular complexity index is 308. The van der Waals surface area contributed by atoms with E-state index in [0.29, 0.717) is 11.1 Å². The van der Waals surface area contributed by atoms with E-state index in [1.54, 1.807) is 0 Å². The molecule has 0 atom stereocenters. The van der Waals surface area contributed by atoms with Crippen LogP contribution in [0.3, 0.4) is 0 Å². The fraction of sp³-hybridized carbons (Fsp3) is 0.500. The van der Waals surface area contributed by atoms with Crippen LogP contribution < -0.4 is 10.6 Å². The van der Waals surface area contributed by atoms with Gasteiger partial charge in [0, 0.05) is 18.3 Å². The molecule has 0 saturated carbocycles. The van der Waals surface area contributed by atoms with Gasteiger partial charge < -0.3 is 10.6 Å². The van der Waals surface area contributed by atoms with Crippen molar-refractivity contribution >= 4 is 24.3 Å². The predicted molar refractivity (Wildman–Crippen MR) is 62.9 cm³/mol. The molecular formula is C10H15N3S. The summed E-state index contributed by atoms with van der Waals surface area (Å²) in [5.74, 6) is 1.58. The summed E-state index contributed by atoms with van der Waals surface area (Å²) in [6.45, 7) is 2.06. The van der Waals surface area contributed by atoms with Crippen LogP contribution in [0.15, 0.2) is 18.2 Å². The van der Waals surface area contributed by atoms with Crippen molar-refractivity contribution < 1.29 is 0 Å². The van der Waals surface area contributed by atoms with Crippen LogP contribution in [-0.2, 0) is 0 Å². The van der Waals surface area contributed by atoms with E-state index in [0.717, 1.165) is 31.7 Å². The molecule has 1 aliphatic heterocycles. The second-order valence-electron chi connectivity index (χ2n) is 3.64. The lowest BCUT2D eigenvalue weighted by atomic mass is 10.1. The molecule has 4 heteroatoms. The van der Waals surface area contributed by atoms with Crippen LogP contribution in [0.2, 0.25) is 0 Å². The smallest absolute Gasteiger partial charge is 0.130 e. The van der Waals surface area contributed by atoms with Crippen molar-refractivity contribution in [2.75, 3.05) is 23.7 Å². The van der Waals surface area contributed by atoms with Crippen LogP contribution in [0.25, 0.3) is 0 Å². The van der Waals surface area contributed by atoms with Crippen LogP contribution in [-0.4, -0.2) is 23.3 Å². The van der Waals surface area contributed by atoms with E-state index in [4.69, 9.17) is 5.73 Å². The summed E-state index contributed by atoms with van der Waals surface area (Å²) in [5, 5.41) is 0.548. The van der Waals surface area contributed by atoms with E-state index in [1.807, 2.05) is 18.2 Å². The molecule has 3 nitrogen and oxygen atoms in total. The molecule has 0 radical (unpaired) electrons. The average molecular weight is 209 g/mol.